The van der Waals surface area contributed by atoms with Crippen molar-refractivity contribution in [3.63, 3.8) is 0 Å². The van der Waals surface area contributed by atoms with Crippen molar-refractivity contribution in [2.75, 3.05) is 4.23 Å². The second-order valence-electron chi connectivity index (χ2n) is 5.93. The summed E-state index contributed by atoms with van der Waals surface area (Å²) in [5, 5.41) is 0. The molecular weight excluding hydrogens is 234 g/mol. The van der Waals surface area contributed by atoms with Gasteiger partial charge in [0.15, 0.2) is 0 Å². The van der Waals surface area contributed by atoms with Gasteiger partial charge in [-0.3, -0.25) is 0 Å². The lowest BCUT2D eigenvalue weighted by atomic mass is 10.6. The second-order valence-corrected chi connectivity index (χ2v) is 16.0. The van der Waals surface area contributed by atoms with Gasteiger partial charge in [0.1, 0.15) is 22.3 Å². The van der Waals surface area contributed by atoms with E-state index in [1.807, 2.05) is 6.07 Å². The van der Waals surface area contributed by atoms with Gasteiger partial charge >= 0.3 is 5.69 Å². The molecule has 0 aliphatic heterocycles. The molecule has 1 heterocycles. The van der Waals surface area contributed by atoms with Crippen LogP contribution >= 0.6 is 0 Å². The SMILES string of the molecule is C[Si](C)(C)N(c1cc[nH]c(=O)n1)[Si](C)(C)C. The highest BCUT2D eigenvalue weighted by atomic mass is 28.4. The van der Waals surface area contributed by atoms with Crippen molar-refractivity contribution < 1.29 is 0 Å². The lowest BCUT2D eigenvalue weighted by Gasteiger charge is -2.44. The van der Waals surface area contributed by atoms with E-state index in [1.165, 1.54) is 0 Å². The molecule has 0 amide bonds. The van der Waals surface area contributed by atoms with Crippen LogP contribution in [0.15, 0.2) is 17.1 Å². The lowest BCUT2D eigenvalue weighted by molar-refractivity contribution is 1.06. The molecule has 0 spiro atoms. The van der Waals surface area contributed by atoms with Gasteiger partial charge in [0.2, 0.25) is 0 Å². The minimum atomic E-state index is -1.51. The van der Waals surface area contributed by atoms with Crippen molar-refractivity contribution in [1.29, 1.82) is 0 Å². The maximum Gasteiger partial charge on any atom is 0.346 e. The van der Waals surface area contributed by atoms with Crippen LogP contribution in [-0.2, 0) is 0 Å². The zero-order valence-corrected chi connectivity index (χ0v) is 13.0. The molecule has 0 aliphatic rings. The molecule has 90 valence electrons. The van der Waals surface area contributed by atoms with Crippen molar-refractivity contribution in [1.82, 2.24) is 9.97 Å². The first-order valence-corrected chi connectivity index (χ1v) is 12.4. The van der Waals surface area contributed by atoms with Gasteiger partial charge in [0.05, 0.1) is 0 Å². The quantitative estimate of drug-likeness (QED) is 0.843. The van der Waals surface area contributed by atoms with Gasteiger partial charge in [-0.25, -0.2) is 4.79 Å². The Morgan fingerprint density at radius 3 is 2.00 bits per heavy atom. The molecule has 0 fully saturated rings. The summed E-state index contributed by atoms with van der Waals surface area (Å²) >= 11 is 0. The molecular formula is C10H21N3OSi2. The highest BCUT2D eigenvalue weighted by Crippen LogP contribution is 2.25. The van der Waals surface area contributed by atoms with Crippen LogP contribution in [0.5, 0.6) is 0 Å². The Morgan fingerprint density at radius 2 is 1.62 bits per heavy atom. The van der Waals surface area contributed by atoms with Gasteiger partial charge in [-0.1, -0.05) is 39.3 Å². The third-order valence-electron chi connectivity index (χ3n) is 2.23. The number of nitrogens with zero attached hydrogens (tertiary/aromatic N) is 2. The van der Waals surface area contributed by atoms with E-state index in [9.17, 15) is 4.79 Å². The van der Waals surface area contributed by atoms with Gasteiger partial charge < -0.3 is 9.22 Å². The van der Waals surface area contributed by atoms with Crippen LogP contribution in [-0.4, -0.2) is 26.4 Å². The molecule has 0 bridgehead atoms. The largest absolute Gasteiger partial charge is 0.409 e. The minimum absolute atomic E-state index is 0.265. The minimum Gasteiger partial charge on any atom is -0.409 e. The maximum absolute atomic E-state index is 11.3. The fourth-order valence-corrected chi connectivity index (χ4v) is 11.9. The van der Waals surface area contributed by atoms with E-state index >= 15 is 0 Å². The number of hydrogen-bond donors (Lipinski definition) is 1. The summed E-state index contributed by atoms with van der Waals surface area (Å²) in [4.78, 5) is 17.9. The number of hydrogen-bond acceptors (Lipinski definition) is 3. The highest BCUT2D eigenvalue weighted by molar-refractivity contribution is 6.99. The molecule has 0 unspecified atom stereocenters. The summed E-state index contributed by atoms with van der Waals surface area (Å²) in [6, 6.07) is 1.90. The molecule has 4 nitrogen and oxygen atoms in total. The molecule has 16 heavy (non-hydrogen) atoms. The molecule has 0 aromatic carbocycles. The Bertz CT molecular complexity index is 403. The summed E-state index contributed by atoms with van der Waals surface area (Å²) in [6.07, 6.45) is 1.68. The van der Waals surface area contributed by atoms with Crippen molar-refractivity contribution >= 4 is 22.3 Å². The van der Waals surface area contributed by atoms with Crippen LogP contribution in [0.3, 0.4) is 0 Å². The number of nitrogens with one attached hydrogen (secondary N) is 1. The number of H-pyrrole nitrogens is 1. The van der Waals surface area contributed by atoms with Gasteiger partial charge in [0, 0.05) is 6.20 Å². The topological polar surface area (TPSA) is 49.0 Å². The van der Waals surface area contributed by atoms with Crippen molar-refractivity contribution in [3.05, 3.63) is 22.7 Å². The van der Waals surface area contributed by atoms with E-state index in [0.29, 0.717) is 0 Å². The zero-order valence-electron chi connectivity index (χ0n) is 11.0. The Hall–Kier alpha value is -0.886. The van der Waals surface area contributed by atoms with E-state index in [-0.39, 0.29) is 5.69 Å². The molecule has 6 heteroatoms. The fraction of sp³-hybridized carbons (Fsp3) is 0.600. The van der Waals surface area contributed by atoms with Crippen molar-refractivity contribution in [2.45, 2.75) is 39.3 Å². The molecule has 1 aromatic heterocycles. The average Bonchev–Trinajstić information content (AvgIpc) is 1.97. The molecule has 0 radical (unpaired) electrons. The van der Waals surface area contributed by atoms with E-state index in [1.54, 1.807) is 6.20 Å². The van der Waals surface area contributed by atoms with Crippen LogP contribution in [0, 0.1) is 0 Å². The summed E-state index contributed by atoms with van der Waals surface area (Å²) < 4.78 is 2.43. The maximum atomic E-state index is 11.3. The Labute approximate surface area is 98.9 Å². The van der Waals surface area contributed by atoms with Crippen molar-refractivity contribution in [3.8, 4) is 0 Å². The van der Waals surface area contributed by atoms with Crippen LogP contribution < -0.4 is 9.92 Å². The number of aromatic nitrogens is 2. The molecule has 0 aliphatic carbocycles. The van der Waals surface area contributed by atoms with Gasteiger partial charge in [0.25, 0.3) is 0 Å². The van der Waals surface area contributed by atoms with Crippen molar-refractivity contribution in [2.24, 2.45) is 0 Å². The summed E-state index contributed by atoms with van der Waals surface area (Å²) in [6.45, 7) is 13.7. The fourth-order valence-electron chi connectivity index (χ4n) is 2.18. The molecule has 1 rings (SSSR count). The van der Waals surface area contributed by atoms with Gasteiger partial charge in [-0.15, -0.1) is 0 Å². The highest BCUT2D eigenvalue weighted by Gasteiger charge is 2.35. The van der Waals surface area contributed by atoms with Crippen LogP contribution in [0.1, 0.15) is 0 Å². The third-order valence-corrected chi connectivity index (χ3v) is 9.39. The first-order valence-electron chi connectivity index (χ1n) is 5.48. The average molecular weight is 255 g/mol. The molecule has 0 atom stereocenters. The van der Waals surface area contributed by atoms with Crippen LogP contribution in [0.4, 0.5) is 5.82 Å². The molecule has 1 N–H and O–H groups in total. The van der Waals surface area contributed by atoms with E-state index in [2.05, 4.69) is 53.5 Å². The number of aromatic amines is 1. The van der Waals surface area contributed by atoms with E-state index in [0.717, 1.165) is 5.82 Å². The predicted octanol–water partition coefficient (Wildman–Crippen LogP) is 2.25. The van der Waals surface area contributed by atoms with Crippen LogP contribution in [0.25, 0.3) is 0 Å². The second kappa shape index (κ2) is 4.17. The summed E-state index contributed by atoms with van der Waals surface area (Å²) in [5.74, 6) is 0.835. The smallest absolute Gasteiger partial charge is 0.346 e. The third kappa shape index (κ3) is 3.05. The molecule has 1 aromatic rings. The monoisotopic (exact) mass is 255 g/mol. The molecule has 0 saturated carbocycles. The first-order chi connectivity index (χ1) is 7.12. The van der Waals surface area contributed by atoms with E-state index in [4.69, 9.17) is 0 Å². The number of anilines is 1. The Balaban J connectivity index is 3.28. The molecule has 0 saturated heterocycles. The van der Waals surface area contributed by atoms with Gasteiger partial charge in [-0.2, -0.15) is 4.98 Å². The summed E-state index contributed by atoms with van der Waals surface area (Å²) in [7, 11) is -3.01. The van der Waals surface area contributed by atoms with Crippen LogP contribution in [0.2, 0.25) is 39.3 Å². The lowest BCUT2D eigenvalue weighted by Crippen LogP contribution is -2.60. The normalized spacial score (nSPS) is 12.6. The summed E-state index contributed by atoms with van der Waals surface area (Å²) in [5.41, 5.74) is -0.265. The predicted molar refractivity (Wildman–Crippen MR) is 74.0 cm³/mol. The standard InChI is InChI=1S/C10H21N3OSi2/c1-15(2,3)13(16(4,5)6)9-7-8-11-10(14)12-9/h7-8H,1-6H3,(H,11,12,14). The van der Waals surface area contributed by atoms with E-state index < -0.39 is 16.5 Å². The Kier molecular flexibility index (Phi) is 3.44. The Morgan fingerprint density at radius 1 is 1.12 bits per heavy atom. The van der Waals surface area contributed by atoms with Gasteiger partial charge in [-0.05, 0) is 6.07 Å². The number of rotatable bonds is 3. The zero-order chi connectivity index (χ0) is 12.6. The first kappa shape index (κ1) is 13.2.